The molecule has 0 bridgehead atoms. The average Bonchev–Trinajstić information content (AvgIpc) is 2.58. The van der Waals surface area contributed by atoms with Crippen molar-refractivity contribution in [2.45, 2.75) is 33.2 Å². The van der Waals surface area contributed by atoms with E-state index >= 15 is 0 Å². The standard InChI is InChI=1S/C11H18N4O4/c1-10(2,9(16)17)11(3,4)12-8-7(15(18)19)6-14(5)13-8/h6H,1-5H3,(H,12,13)(H,16,17). The van der Waals surface area contributed by atoms with Gasteiger partial charge in [-0.1, -0.05) is 0 Å². The lowest BCUT2D eigenvalue weighted by molar-refractivity contribution is -0.384. The summed E-state index contributed by atoms with van der Waals surface area (Å²) in [5, 5.41) is 27.0. The number of hydrogen-bond acceptors (Lipinski definition) is 5. The minimum Gasteiger partial charge on any atom is -0.481 e. The second kappa shape index (κ2) is 4.52. The van der Waals surface area contributed by atoms with E-state index in [0.29, 0.717) is 0 Å². The number of aryl methyl sites for hydroxylation is 1. The predicted octanol–water partition coefficient (Wildman–Crippen LogP) is 1.63. The number of anilines is 1. The van der Waals surface area contributed by atoms with Gasteiger partial charge in [-0.25, -0.2) is 0 Å². The molecule has 0 atom stereocenters. The van der Waals surface area contributed by atoms with Crippen molar-refractivity contribution in [3.63, 3.8) is 0 Å². The van der Waals surface area contributed by atoms with E-state index < -0.39 is 21.8 Å². The highest BCUT2D eigenvalue weighted by Crippen LogP contribution is 2.35. The molecule has 0 spiro atoms. The highest BCUT2D eigenvalue weighted by atomic mass is 16.6. The third-order valence-electron chi connectivity index (χ3n) is 3.53. The Bertz CT molecular complexity index is 519. The van der Waals surface area contributed by atoms with Crippen LogP contribution >= 0.6 is 0 Å². The number of rotatable bonds is 5. The number of aliphatic carboxylic acids is 1. The summed E-state index contributed by atoms with van der Waals surface area (Å²) in [5.74, 6) is -0.935. The third kappa shape index (κ3) is 2.67. The fourth-order valence-electron chi connectivity index (χ4n) is 1.42. The van der Waals surface area contributed by atoms with Crippen LogP contribution in [-0.4, -0.2) is 31.3 Å². The van der Waals surface area contributed by atoms with Crippen LogP contribution in [0.2, 0.25) is 0 Å². The molecule has 0 aliphatic carbocycles. The second-order valence-corrected chi connectivity index (χ2v) is 5.47. The summed E-state index contributed by atoms with van der Waals surface area (Å²) < 4.78 is 1.31. The molecule has 1 heterocycles. The molecule has 0 aromatic carbocycles. The van der Waals surface area contributed by atoms with Gasteiger partial charge in [0.2, 0.25) is 5.82 Å². The molecule has 1 aromatic heterocycles. The molecule has 1 rings (SSSR count). The number of nitrogens with zero attached hydrogens (tertiary/aromatic N) is 3. The van der Waals surface area contributed by atoms with Crippen LogP contribution in [-0.2, 0) is 11.8 Å². The van der Waals surface area contributed by atoms with Gasteiger partial charge in [-0.3, -0.25) is 19.6 Å². The van der Waals surface area contributed by atoms with Crippen molar-refractivity contribution in [2.75, 3.05) is 5.32 Å². The molecular weight excluding hydrogens is 252 g/mol. The SMILES string of the molecule is Cn1cc([N+](=O)[O-])c(NC(C)(C)C(C)(C)C(=O)O)n1. The Morgan fingerprint density at radius 3 is 2.42 bits per heavy atom. The Hall–Kier alpha value is -2.12. The van der Waals surface area contributed by atoms with Crippen LogP contribution in [0.3, 0.4) is 0 Å². The summed E-state index contributed by atoms with van der Waals surface area (Å²) >= 11 is 0. The minimum absolute atomic E-state index is 0.0619. The zero-order valence-electron chi connectivity index (χ0n) is 11.6. The Kier molecular flexibility index (Phi) is 3.56. The van der Waals surface area contributed by atoms with Crippen LogP contribution in [0.25, 0.3) is 0 Å². The number of carboxylic acids is 1. The van der Waals surface area contributed by atoms with E-state index in [1.165, 1.54) is 10.9 Å². The molecule has 0 fully saturated rings. The van der Waals surface area contributed by atoms with Crippen molar-refractivity contribution in [1.82, 2.24) is 9.78 Å². The molecule has 0 unspecified atom stereocenters. The highest BCUT2D eigenvalue weighted by Gasteiger charge is 2.44. The Morgan fingerprint density at radius 1 is 1.47 bits per heavy atom. The van der Waals surface area contributed by atoms with E-state index in [2.05, 4.69) is 10.4 Å². The lowest BCUT2D eigenvalue weighted by Crippen LogP contribution is -2.50. The van der Waals surface area contributed by atoms with Crippen molar-refractivity contribution in [3.05, 3.63) is 16.3 Å². The molecular formula is C11H18N4O4. The van der Waals surface area contributed by atoms with Gasteiger partial charge in [0.15, 0.2) is 0 Å². The molecule has 0 saturated heterocycles. The van der Waals surface area contributed by atoms with Crippen molar-refractivity contribution in [2.24, 2.45) is 12.5 Å². The Balaban J connectivity index is 3.15. The molecule has 0 saturated carbocycles. The van der Waals surface area contributed by atoms with E-state index in [0.717, 1.165) is 0 Å². The monoisotopic (exact) mass is 270 g/mol. The molecule has 8 nitrogen and oxygen atoms in total. The molecule has 19 heavy (non-hydrogen) atoms. The molecule has 0 aliphatic heterocycles. The summed E-state index contributed by atoms with van der Waals surface area (Å²) in [6, 6.07) is 0. The maximum absolute atomic E-state index is 11.3. The fraction of sp³-hybridized carbons (Fsp3) is 0.636. The minimum atomic E-state index is -1.13. The van der Waals surface area contributed by atoms with Crippen molar-refractivity contribution >= 4 is 17.5 Å². The van der Waals surface area contributed by atoms with Gasteiger partial charge >= 0.3 is 11.7 Å². The predicted molar refractivity (Wildman–Crippen MR) is 69.0 cm³/mol. The molecule has 0 amide bonds. The summed E-state index contributed by atoms with van der Waals surface area (Å²) in [5.41, 5.74) is -2.23. The lowest BCUT2D eigenvalue weighted by Gasteiger charge is -2.38. The number of nitro groups is 1. The van der Waals surface area contributed by atoms with Gasteiger partial charge in [0.1, 0.15) is 6.20 Å². The number of carbonyl (C=O) groups is 1. The maximum atomic E-state index is 11.3. The molecule has 2 N–H and O–H groups in total. The first-order chi connectivity index (χ1) is 8.49. The van der Waals surface area contributed by atoms with E-state index in [4.69, 9.17) is 0 Å². The average molecular weight is 270 g/mol. The molecule has 1 aromatic rings. The Morgan fingerprint density at radius 2 is 2.00 bits per heavy atom. The van der Waals surface area contributed by atoms with Crippen molar-refractivity contribution < 1.29 is 14.8 Å². The summed E-state index contributed by atoms with van der Waals surface area (Å²) in [6.45, 7) is 6.44. The quantitative estimate of drug-likeness (QED) is 0.621. The molecule has 0 radical (unpaired) electrons. The largest absolute Gasteiger partial charge is 0.481 e. The van der Waals surface area contributed by atoms with Gasteiger partial charge in [0.25, 0.3) is 0 Å². The number of carboxylic acid groups (broad SMARTS) is 1. The zero-order valence-corrected chi connectivity index (χ0v) is 11.6. The zero-order chi connectivity index (χ0) is 15.0. The van der Waals surface area contributed by atoms with E-state index in [1.807, 2.05) is 0 Å². The van der Waals surface area contributed by atoms with E-state index in [-0.39, 0.29) is 11.5 Å². The van der Waals surface area contributed by atoms with Crippen LogP contribution in [0.5, 0.6) is 0 Å². The first kappa shape index (κ1) is 14.9. The molecule has 0 aliphatic rings. The van der Waals surface area contributed by atoms with Crippen LogP contribution in [0.4, 0.5) is 11.5 Å². The maximum Gasteiger partial charge on any atom is 0.330 e. The van der Waals surface area contributed by atoms with Gasteiger partial charge < -0.3 is 10.4 Å². The first-order valence-corrected chi connectivity index (χ1v) is 5.68. The first-order valence-electron chi connectivity index (χ1n) is 5.68. The van der Waals surface area contributed by atoms with Crippen molar-refractivity contribution in [1.29, 1.82) is 0 Å². The van der Waals surface area contributed by atoms with Gasteiger partial charge in [-0.15, -0.1) is 5.10 Å². The normalized spacial score (nSPS) is 12.3. The summed E-state index contributed by atoms with van der Waals surface area (Å²) in [7, 11) is 1.56. The smallest absolute Gasteiger partial charge is 0.330 e. The van der Waals surface area contributed by atoms with Crippen LogP contribution < -0.4 is 5.32 Å². The van der Waals surface area contributed by atoms with E-state index in [1.54, 1.807) is 34.7 Å². The highest BCUT2D eigenvalue weighted by molar-refractivity contribution is 5.76. The van der Waals surface area contributed by atoms with Gasteiger partial charge in [-0.2, -0.15) is 0 Å². The number of aromatic nitrogens is 2. The summed E-state index contributed by atoms with van der Waals surface area (Å²) in [6.07, 6.45) is 1.27. The number of hydrogen-bond donors (Lipinski definition) is 2. The van der Waals surface area contributed by atoms with E-state index in [9.17, 15) is 20.0 Å². The van der Waals surface area contributed by atoms with Crippen LogP contribution in [0.1, 0.15) is 27.7 Å². The molecule has 106 valence electrons. The van der Waals surface area contributed by atoms with Crippen LogP contribution in [0.15, 0.2) is 6.20 Å². The van der Waals surface area contributed by atoms with Crippen molar-refractivity contribution in [3.8, 4) is 0 Å². The lowest BCUT2D eigenvalue weighted by atomic mass is 9.74. The number of nitrogens with one attached hydrogen (secondary N) is 1. The van der Waals surface area contributed by atoms with Gasteiger partial charge in [0, 0.05) is 12.6 Å². The van der Waals surface area contributed by atoms with Gasteiger partial charge in [0.05, 0.1) is 10.3 Å². The fourth-order valence-corrected chi connectivity index (χ4v) is 1.42. The summed E-state index contributed by atoms with van der Waals surface area (Å²) in [4.78, 5) is 21.6. The Labute approximate surface area is 110 Å². The molecule has 8 heteroatoms. The van der Waals surface area contributed by atoms with Gasteiger partial charge in [-0.05, 0) is 27.7 Å². The third-order valence-corrected chi connectivity index (χ3v) is 3.53. The topological polar surface area (TPSA) is 110 Å². The van der Waals surface area contributed by atoms with Crippen LogP contribution in [0, 0.1) is 15.5 Å². The second-order valence-electron chi connectivity index (χ2n) is 5.47.